The first-order valence-electron chi connectivity index (χ1n) is 7.62. The lowest BCUT2D eigenvalue weighted by atomic mass is 9.98. The summed E-state index contributed by atoms with van der Waals surface area (Å²) in [7, 11) is -8.48. The molecule has 0 aliphatic carbocycles. The van der Waals surface area contributed by atoms with Crippen molar-refractivity contribution < 1.29 is 25.9 Å². The van der Waals surface area contributed by atoms with Gasteiger partial charge >= 0.3 is 0 Å². The molecule has 0 aromatic heterocycles. The van der Waals surface area contributed by atoms with Crippen LogP contribution < -0.4 is 0 Å². The largest absolute Gasteiger partial charge is 0.294 e. The van der Waals surface area contributed by atoms with Gasteiger partial charge < -0.3 is 0 Å². The average Bonchev–Trinajstić information content (AvgIpc) is 2.48. The Balaban J connectivity index is 2.16. The van der Waals surface area contributed by atoms with E-state index in [-0.39, 0.29) is 9.79 Å². The van der Waals surface area contributed by atoms with E-state index in [0.717, 1.165) is 22.3 Å². The molecule has 0 aliphatic heterocycles. The Hall–Kier alpha value is -1.74. The highest BCUT2D eigenvalue weighted by Crippen LogP contribution is 2.20. The minimum Gasteiger partial charge on any atom is -0.282 e. The van der Waals surface area contributed by atoms with Crippen LogP contribution >= 0.6 is 0 Å². The molecule has 8 heteroatoms. The smallest absolute Gasteiger partial charge is 0.282 e. The highest BCUT2D eigenvalue weighted by molar-refractivity contribution is 7.86. The maximum absolute atomic E-state index is 11.2. The van der Waals surface area contributed by atoms with E-state index in [4.69, 9.17) is 9.11 Å². The van der Waals surface area contributed by atoms with Gasteiger partial charge in [-0.2, -0.15) is 16.8 Å². The molecule has 0 bridgehead atoms. The van der Waals surface area contributed by atoms with E-state index in [1.54, 1.807) is 12.1 Å². The predicted octanol–water partition coefficient (Wildman–Crippen LogP) is 2.97. The van der Waals surface area contributed by atoms with Crippen LogP contribution in [-0.4, -0.2) is 25.9 Å². The SMILES string of the molecule is Cc1ccc(S(=O)(=O)O)cc1CCCc1cc(S(=O)(=O)O)ccc1C. The van der Waals surface area contributed by atoms with Gasteiger partial charge in [0, 0.05) is 0 Å². The number of hydrogen-bond donors (Lipinski definition) is 2. The van der Waals surface area contributed by atoms with Gasteiger partial charge in [0.1, 0.15) is 0 Å². The van der Waals surface area contributed by atoms with Gasteiger partial charge in [0.2, 0.25) is 0 Å². The summed E-state index contributed by atoms with van der Waals surface area (Å²) >= 11 is 0. The van der Waals surface area contributed by atoms with Crippen molar-refractivity contribution in [2.45, 2.75) is 42.9 Å². The average molecular weight is 384 g/mol. The van der Waals surface area contributed by atoms with Crippen LogP contribution in [0.3, 0.4) is 0 Å². The lowest BCUT2D eigenvalue weighted by Gasteiger charge is -2.10. The molecule has 0 amide bonds. The quantitative estimate of drug-likeness (QED) is 0.741. The Morgan fingerprint density at radius 1 is 0.720 bits per heavy atom. The van der Waals surface area contributed by atoms with Gasteiger partial charge in [0.25, 0.3) is 20.2 Å². The van der Waals surface area contributed by atoms with Crippen LogP contribution in [0.2, 0.25) is 0 Å². The molecule has 0 radical (unpaired) electrons. The Kier molecular flexibility index (Phi) is 5.68. The van der Waals surface area contributed by atoms with Crippen LogP contribution in [0.1, 0.15) is 28.7 Å². The zero-order valence-corrected chi connectivity index (χ0v) is 15.6. The summed E-state index contributed by atoms with van der Waals surface area (Å²) in [5.74, 6) is 0. The molecule has 0 heterocycles. The standard InChI is InChI=1S/C17H20O6S2/c1-12-6-8-16(24(18,19)20)10-14(12)4-3-5-15-11-17(25(21,22)23)9-7-13(15)2/h6-11H,3-5H2,1-2H3,(H,18,19,20)(H,21,22,23). The van der Waals surface area contributed by atoms with E-state index in [9.17, 15) is 16.8 Å². The fourth-order valence-corrected chi connectivity index (χ4v) is 3.69. The third kappa shape index (κ3) is 5.12. The van der Waals surface area contributed by atoms with Crippen molar-refractivity contribution in [3.63, 3.8) is 0 Å². The highest BCUT2D eigenvalue weighted by atomic mass is 32.2. The van der Waals surface area contributed by atoms with Crippen LogP contribution in [-0.2, 0) is 33.1 Å². The summed E-state index contributed by atoms with van der Waals surface area (Å²) in [5.41, 5.74) is 3.43. The molecule has 0 fully saturated rings. The third-order valence-corrected chi connectivity index (χ3v) is 5.83. The molecule has 0 saturated heterocycles. The summed E-state index contributed by atoms with van der Waals surface area (Å²) in [6.45, 7) is 3.71. The molecule has 2 rings (SSSR count). The lowest BCUT2D eigenvalue weighted by molar-refractivity contribution is 0.481. The molecular weight excluding hydrogens is 364 g/mol. The van der Waals surface area contributed by atoms with Crippen molar-refractivity contribution in [3.8, 4) is 0 Å². The van der Waals surface area contributed by atoms with Gasteiger partial charge in [0.15, 0.2) is 0 Å². The van der Waals surface area contributed by atoms with Gasteiger partial charge in [-0.05, 0) is 79.6 Å². The Labute approximate surface area is 148 Å². The van der Waals surface area contributed by atoms with Crippen molar-refractivity contribution >= 4 is 20.2 Å². The maximum Gasteiger partial charge on any atom is 0.294 e. The first kappa shape index (κ1) is 19.6. The Morgan fingerprint density at radius 2 is 1.08 bits per heavy atom. The normalized spacial score (nSPS) is 12.3. The fourth-order valence-electron chi connectivity index (χ4n) is 2.62. The fraction of sp³-hybridized carbons (Fsp3) is 0.294. The molecule has 2 N–H and O–H groups in total. The second kappa shape index (κ2) is 7.25. The minimum atomic E-state index is -4.24. The minimum absolute atomic E-state index is 0.141. The summed E-state index contributed by atoms with van der Waals surface area (Å²) in [6, 6.07) is 8.89. The van der Waals surface area contributed by atoms with Gasteiger partial charge in [-0.3, -0.25) is 9.11 Å². The van der Waals surface area contributed by atoms with E-state index < -0.39 is 20.2 Å². The van der Waals surface area contributed by atoms with Crippen molar-refractivity contribution in [1.29, 1.82) is 0 Å². The molecule has 2 aromatic carbocycles. The molecular formula is C17H20O6S2. The van der Waals surface area contributed by atoms with Gasteiger partial charge in [0.05, 0.1) is 9.79 Å². The van der Waals surface area contributed by atoms with Crippen molar-refractivity contribution in [3.05, 3.63) is 58.7 Å². The zero-order chi connectivity index (χ0) is 18.8. The van der Waals surface area contributed by atoms with Crippen LogP contribution in [0.15, 0.2) is 46.2 Å². The number of benzene rings is 2. The first-order chi connectivity index (χ1) is 11.5. The molecule has 136 valence electrons. The van der Waals surface area contributed by atoms with Crippen LogP contribution in [0.5, 0.6) is 0 Å². The second-order valence-corrected chi connectivity index (χ2v) is 8.82. The Bertz CT molecular complexity index is 910. The van der Waals surface area contributed by atoms with Gasteiger partial charge in [-0.15, -0.1) is 0 Å². The van der Waals surface area contributed by atoms with Crippen molar-refractivity contribution in [2.75, 3.05) is 0 Å². The summed E-state index contributed by atoms with van der Waals surface area (Å²) in [6.07, 6.45) is 1.81. The zero-order valence-electron chi connectivity index (χ0n) is 13.9. The van der Waals surface area contributed by atoms with E-state index in [1.807, 2.05) is 13.8 Å². The first-order valence-corrected chi connectivity index (χ1v) is 10.5. The number of rotatable bonds is 6. The van der Waals surface area contributed by atoms with E-state index >= 15 is 0 Å². The molecule has 6 nitrogen and oxygen atoms in total. The molecule has 0 saturated carbocycles. The maximum atomic E-state index is 11.2. The predicted molar refractivity (Wildman–Crippen MR) is 94.0 cm³/mol. The van der Waals surface area contributed by atoms with Crippen LogP contribution in [0.4, 0.5) is 0 Å². The summed E-state index contributed by atoms with van der Waals surface area (Å²) in [4.78, 5) is -0.282. The topological polar surface area (TPSA) is 109 Å². The van der Waals surface area contributed by atoms with E-state index in [0.29, 0.717) is 19.3 Å². The van der Waals surface area contributed by atoms with Crippen LogP contribution in [0.25, 0.3) is 0 Å². The van der Waals surface area contributed by atoms with E-state index in [1.165, 1.54) is 24.3 Å². The summed E-state index contributed by atoms with van der Waals surface area (Å²) < 4.78 is 63.3. The molecule has 0 unspecified atom stereocenters. The van der Waals surface area contributed by atoms with Gasteiger partial charge in [-0.25, -0.2) is 0 Å². The van der Waals surface area contributed by atoms with Crippen molar-refractivity contribution in [2.24, 2.45) is 0 Å². The summed E-state index contributed by atoms with van der Waals surface area (Å²) in [5, 5.41) is 0. The van der Waals surface area contributed by atoms with Crippen molar-refractivity contribution in [1.82, 2.24) is 0 Å². The van der Waals surface area contributed by atoms with Gasteiger partial charge in [-0.1, -0.05) is 12.1 Å². The highest BCUT2D eigenvalue weighted by Gasteiger charge is 2.13. The molecule has 25 heavy (non-hydrogen) atoms. The van der Waals surface area contributed by atoms with E-state index in [2.05, 4.69) is 0 Å². The second-order valence-electron chi connectivity index (χ2n) is 5.98. The number of aryl methyl sites for hydroxylation is 4. The lowest BCUT2D eigenvalue weighted by Crippen LogP contribution is -2.02. The molecule has 0 aliphatic rings. The molecule has 0 atom stereocenters. The monoisotopic (exact) mass is 384 g/mol. The number of hydrogen-bond acceptors (Lipinski definition) is 4. The van der Waals surface area contributed by atoms with Crippen LogP contribution in [0, 0.1) is 13.8 Å². The Morgan fingerprint density at radius 3 is 1.40 bits per heavy atom. The molecule has 0 spiro atoms. The molecule has 2 aromatic rings. The third-order valence-electron chi connectivity index (χ3n) is 4.13.